The van der Waals surface area contributed by atoms with Crippen molar-refractivity contribution >= 4 is 44.6 Å². The van der Waals surface area contributed by atoms with Gasteiger partial charge in [-0.05, 0) is 77.2 Å². The van der Waals surface area contributed by atoms with Gasteiger partial charge >= 0.3 is 6.09 Å². The Balaban J connectivity index is 1.22. The van der Waals surface area contributed by atoms with E-state index in [2.05, 4.69) is 15.6 Å². The predicted octanol–water partition coefficient (Wildman–Crippen LogP) is 4.81. The minimum Gasteiger partial charge on any atom is -0.488 e. The Hall–Kier alpha value is -4.47. The van der Waals surface area contributed by atoms with Crippen molar-refractivity contribution in [3.05, 3.63) is 42.6 Å². The Labute approximate surface area is 326 Å². The third kappa shape index (κ3) is 8.44. The van der Waals surface area contributed by atoms with Gasteiger partial charge in [0.15, 0.2) is 0 Å². The number of carbonyl (C=O) groups is 4. The van der Waals surface area contributed by atoms with E-state index in [0.29, 0.717) is 24.0 Å². The first-order valence-corrected chi connectivity index (χ1v) is 21.1. The van der Waals surface area contributed by atoms with Crippen LogP contribution < -0.4 is 24.8 Å². The smallest absolute Gasteiger partial charge is 0.408 e. The molecule has 0 radical (unpaired) electrons. The summed E-state index contributed by atoms with van der Waals surface area (Å²) >= 11 is 0. The summed E-state index contributed by atoms with van der Waals surface area (Å²) in [7, 11) is -4.66. The number of rotatable bonds is 8. The molecule has 1 saturated heterocycles. The van der Waals surface area contributed by atoms with Gasteiger partial charge in [-0.1, -0.05) is 44.2 Å². The Bertz CT molecular complexity index is 2030. The lowest BCUT2D eigenvalue weighted by Crippen LogP contribution is -2.59. The number of ether oxygens (including phenoxy) is 3. The second kappa shape index (κ2) is 14.8. The fourth-order valence-electron chi connectivity index (χ4n) is 7.77. The fraction of sp³-hybridized carbons (Fsp3) is 0.625. The second-order valence-corrected chi connectivity index (χ2v) is 19.3. The lowest BCUT2D eigenvalue weighted by molar-refractivity contribution is -0.142. The van der Waals surface area contributed by atoms with Gasteiger partial charge in [0.2, 0.25) is 22.7 Å². The van der Waals surface area contributed by atoms with E-state index in [0.717, 1.165) is 24.6 Å². The van der Waals surface area contributed by atoms with Crippen molar-refractivity contribution in [2.45, 2.75) is 133 Å². The molecule has 0 spiro atoms. The maximum Gasteiger partial charge on any atom is 0.408 e. The quantitative estimate of drug-likeness (QED) is 0.314. The summed E-state index contributed by atoms with van der Waals surface area (Å²) in [6.45, 7) is 9.01. The summed E-state index contributed by atoms with van der Waals surface area (Å²) in [5, 5.41) is 4.53. The van der Waals surface area contributed by atoms with Crippen molar-refractivity contribution < 1.29 is 46.2 Å². The number of hydrogen-bond donors (Lipinski definition) is 3. The van der Waals surface area contributed by atoms with Crippen molar-refractivity contribution in [1.82, 2.24) is 25.2 Å². The van der Waals surface area contributed by atoms with Gasteiger partial charge in [-0.3, -0.25) is 14.4 Å². The van der Waals surface area contributed by atoms with Crippen LogP contribution in [0.3, 0.4) is 0 Å². The maximum atomic E-state index is 14.8. The molecule has 1 aromatic heterocycles. The van der Waals surface area contributed by atoms with E-state index < -0.39 is 74.1 Å². The zero-order valence-electron chi connectivity index (χ0n) is 32.5. The number of nitrogens with zero attached hydrogens (tertiary/aromatic N) is 2. The molecule has 16 heteroatoms. The largest absolute Gasteiger partial charge is 0.488 e. The summed E-state index contributed by atoms with van der Waals surface area (Å²) < 4.78 is 60.5. The fourth-order valence-corrected chi connectivity index (χ4v) is 9.02. The van der Waals surface area contributed by atoms with Gasteiger partial charge in [-0.15, -0.1) is 0 Å². The first-order chi connectivity index (χ1) is 26.4. The van der Waals surface area contributed by atoms with Crippen molar-refractivity contribution in [3.8, 4) is 11.6 Å². The van der Waals surface area contributed by atoms with Gasteiger partial charge in [0.05, 0.1) is 18.8 Å². The number of carbonyl (C=O) groups excluding carboxylic acids is 4. The molecule has 56 heavy (non-hydrogen) atoms. The van der Waals surface area contributed by atoms with Crippen LogP contribution in [-0.4, -0.2) is 89.1 Å². The van der Waals surface area contributed by atoms with E-state index >= 15 is 0 Å². The Morgan fingerprint density at radius 1 is 1.02 bits per heavy atom. The summed E-state index contributed by atoms with van der Waals surface area (Å²) in [5.41, 5.74) is -2.54. The number of pyridine rings is 1. The van der Waals surface area contributed by atoms with E-state index in [-0.39, 0.29) is 56.0 Å². The van der Waals surface area contributed by atoms with Crippen LogP contribution in [0.5, 0.6) is 11.6 Å². The number of fused-ring (bicyclic) bond motifs is 3. The van der Waals surface area contributed by atoms with Crippen LogP contribution in [0.15, 0.2) is 42.6 Å². The van der Waals surface area contributed by atoms with E-state index in [1.54, 1.807) is 33.0 Å². The molecule has 7 atom stereocenters. The Morgan fingerprint density at radius 3 is 2.41 bits per heavy atom. The van der Waals surface area contributed by atoms with Crippen LogP contribution in [0.2, 0.25) is 0 Å². The molecule has 5 aliphatic rings. The highest BCUT2D eigenvalue weighted by atomic mass is 32.2. The normalized spacial score (nSPS) is 31.1. The number of hydrogen-bond acceptors (Lipinski definition) is 10. The average molecular weight is 798 g/mol. The van der Waals surface area contributed by atoms with Gasteiger partial charge in [-0.25, -0.2) is 27.3 Å². The monoisotopic (exact) mass is 797 g/mol. The van der Waals surface area contributed by atoms with Gasteiger partial charge in [0.25, 0.3) is 15.9 Å². The number of alkyl carbamates (subject to hydrolysis) is 1. The second-order valence-electron chi connectivity index (χ2n) is 17.3. The first kappa shape index (κ1) is 39.8. The SMILES string of the molecule is C[C@@H]1CC/C=C\[C@@H]2C[C@@]2(C(=O)NS(=O)(=O)C2(F)CC2)NC(=O)[C@@H]2C[C@@H](Oc3ncc(OC4CC4)c4ccccc34)CN2C(=O)[C@@H](NC(=O)OC(C)(C)C)[C@H](C)C1. The molecule has 3 N–H and O–H groups in total. The number of halogens is 1. The highest BCUT2D eigenvalue weighted by molar-refractivity contribution is 7.91. The summed E-state index contributed by atoms with van der Waals surface area (Å²) in [4.78, 5) is 62.2. The van der Waals surface area contributed by atoms with Gasteiger partial charge < -0.3 is 29.7 Å². The average Bonchev–Trinajstić information content (AvgIpc) is 4.07. The number of amides is 4. The zero-order chi connectivity index (χ0) is 40.2. The lowest BCUT2D eigenvalue weighted by Gasteiger charge is -2.33. The van der Waals surface area contributed by atoms with E-state index in [1.807, 2.05) is 48.9 Å². The first-order valence-electron chi connectivity index (χ1n) is 19.6. The number of alkyl halides is 1. The molecule has 3 aliphatic carbocycles. The molecule has 0 unspecified atom stereocenters. The van der Waals surface area contributed by atoms with E-state index in [4.69, 9.17) is 14.2 Å². The van der Waals surface area contributed by atoms with Gasteiger partial charge in [0.1, 0.15) is 35.1 Å². The van der Waals surface area contributed by atoms with Gasteiger partial charge in [-0.2, -0.15) is 0 Å². The number of nitrogens with one attached hydrogen (secondary N) is 3. The highest BCUT2D eigenvalue weighted by Gasteiger charge is 2.64. The summed E-state index contributed by atoms with van der Waals surface area (Å²) in [6, 6.07) is 5.21. The molecular weight excluding hydrogens is 746 g/mol. The van der Waals surface area contributed by atoms with Crippen LogP contribution in [0.1, 0.15) is 92.4 Å². The molecule has 2 aromatic rings. The van der Waals surface area contributed by atoms with E-state index in [1.165, 1.54) is 4.90 Å². The molecule has 4 fully saturated rings. The Morgan fingerprint density at radius 2 is 1.73 bits per heavy atom. The number of allylic oxidation sites excluding steroid dienone is 1. The van der Waals surface area contributed by atoms with Crippen LogP contribution in [0, 0.1) is 17.8 Å². The molecule has 14 nitrogen and oxygen atoms in total. The maximum absolute atomic E-state index is 14.8. The van der Waals surface area contributed by atoms with Crippen LogP contribution in [-0.2, 0) is 29.1 Å². The molecule has 1 aromatic carbocycles. The molecule has 7 rings (SSSR count). The number of sulfonamides is 1. The van der Waals surface area contributed by atoms with Crippen LogP contribution >= 0.6 is 0 Å². The van der Waals surface area contributed by atoms with Crippen molar-refractivity contribution in [1.29, 1.82) is 0 Å². The predicted molar refractivity (Wildman–Crippen MR) is 204 cm³/mol. The van der Waals surface area contributed by atoms with Crippen molar-refractivity contribution in [2.75, 3.05) is 6.54 Å². The zero-order valence-corrected chi connectivity index (χ0v) is 33.3. The minimum atomic E-state index is -4.66. The molecule has 3 saturated carbocycles. The number of aromatic nitrogens is 1. The number of benzene rings is 1. The summed E-state index contributed by atoms with van der Waals surface area (Å²) in [6.07, 6.45) is 7.33. The molecule has 304 valence electrons. The molecule has 4 amide bonds. The molecule has 2 aliphatic heterocycles. The molecule has 3 heterocycles. The third-order valence-electron chi connectivity index (χ3n) is 11.3. The topological polar surface area (TPSA) is 182 Å². The van der Waals surface area contributed by atoms with E-state index in [9.17, 15) is 32.0 Å². The highest BCUT2D eigenvalue weighted by Crippen LogP contribution is 2.48. The van der Waals surface area contributed by atoms with Gasteiger partial charge in [0, 0.05) is 36.0 Å². The minimum absolute atomic E-state index is 0.0120. The lowest BCUT2D eigenvalue weighted by atomic mass is 9.88. The molecular formula is C40H52FN5O9S. The van der Waals surface area contributed by atoms with Crippen molar-refractivity contribution in [3.63, 3.8) is 0 Å². The summed E-state index contributed by atoms with van der Waals surface area (Å²) in [5.74, 6) is -2.21. The Kier molecular flexibility index (Phi) is 10.5. The van der Waals surface area contributed by atoms with Crippen LogP contribution in [0.4, 0.5) is 9.18 Å². The third-order valence-corrected chi connectivity index (χ3v) is 13.1. The standard InChI is InChI=1S/C40H52FN5O9S/c1-23-10-6-7-11-25-20-40(25,36(49)45-56(51,52)39(41)16-17-39)44-33(47)30-19-27(22-46(30)35(48)32(24(2)18-23)43-37(50)55-38(3,4)5)54-34-29-13-9-8-12-28(29)31(21-42-34)53-26-14-15-26/h7-9,11-13,21,23-27,30,32H,6,10,14-20,22H2,1-5H3,(H,43,50)(H,44,47)(H,45,49)/b11-7-/t23-,24-,25-,27-,30+,32+,40-/m1/s1. The van der Waals surface area contributed by atoms with Crippen molar-refractivity contribution in [2.24, 2.45) is 17.8 Å². The molecule has 0 bridgehead atoms. The van der Waals surface area contributed by atoms with Crippen LogP contribution in [0.25, 0.3) is 10.8 Å².